The molecule has 1 fully saturated rings. The summed E-state index contributed by atoms with van der Waals surface area (Å²) < 4.78 is 25.9. The van der Waals surface area contributed by atoms with Gasteiger partial charge < -0.3 is 0 Å². The maximum Gasteiger partial charge on any atom is 0.160 e. The van der Waals surface area contributed by atoms with Gasteiger partial charge in [0.25, 0.3) is 0 Å². The van der Waals surface area contributed by atoms with Crippen LogP contribution in [0.4, 0.5) is 8.78 Å². The Bertz CT molecular complexity index is 488. The smallest absolute Gasteiger partial charge is 0.160 e. The summed E-state index contributed by atoms with van der Waals surface area (Å²) in [6, 6.07) is 3.86. The Morgan fingerprint density at radius 1 is 1.10 bits per heavy atom. The van der Waals surface area contributed by atoms with E-state index in [0.29, 0.717) is 11.5 Å². The van der Waals surface area contributed by atoms with E-state index < -0.39 is 11.6 Å². The van der Waals surface area contributed by atoms with Crippen molar-refractivity contribution in [3.63, 3.8) is 0 Å². The van der Waals surface area contributed by atoms with E-state index in [-0.39, 0.29) is 0 Å². The molecular weight excluding hydrogens is 254 g/mol. The quantitative estimate of drug-likeness (QED) is 0.656. The minimum Gasteiger partial charge on any atom is -0.204 e. The first-order valence-electron chi connectivity index (χ1n) is 7.65. The van der Waals surface area contributed by atoms with Crippen LogP contribution in [-0.2, 0) is 0 Å². The van der Waals surface area contributed by atoms with Crippen LogP contribution in [0.1, 0.15) is 57.4 Å². The second kappa shape index (κ2) is 7.43. The summed E-state index contributed by atoms with van der Waals surface area (Å²) in [4.78, 5) is 0. The normalized spacial score (nSPS) is 22.1. The van der Waals surface area contributed by atoms with Crippen LogP contribution in [0.2, 0.25) is 0 Å². The van der Waals surface area contributed by atoms with Crippen molar-refractivity contribution < 1.29 is 8.78 Å². The van der Waals surface area contributed by atoms with Gasteiger partial charge in [-0.05, 0) is 49.8 Å². The maximum absolute atomic E-state index is 13.1. The summed E-state index contributed by atoms with van der Waals surface area (Å²) in [5.74, 6) is 5.86. The molecule has 0 aromatic heterocycles. The van der Waals surface area contributed by atoms with Crippen molar-refractivity contribution in [2.45, 2.75) is 51.9 Å². The third kappa shape index (κ3) is 4.34. The van der Waals surface area contributed by atoms with Gasteiger partial charge in [0.2, 0.25) is 0 Å². The van der Waals surface area contributed by atoms with E-state index in [1.807, 2.05) is 0 Å². The van der Waals surface area contributed by atoms with E-state index in [0.717, 1.165) is 24.8 Å². The van der Waals surface area contributed by atoms with Crippen LogP contribution in [0, 0.1) is 35.3 Å². The lowest BCUT2D eigenvalue weighted by molar-refractivity contribution is 0.296. The minimum absolute atomic E-state index is 0.418. The molecule has 1 aliphatic rings. The number of hydrogen-bond acceptors (Lipinski definition) is 0. The summed E-state index contributed by atoms with van der Waals surface area (Å²) in [6.45, 7) is 2.24. The van der Waals surface area contributed by atoms with Gasteiger partial charge in [0, 0.05) is 11.5 Å². The molecule has 0 amide bonds. The molecule has 0 bridgehead atoms. The van der Waals surface area contributed by atoms with Gasteiger partial charge in [-0.1, -0.05) is 38.0 Å². The fourth-order valence-electron chi connectivity index (χ4n) is 2.85. The number of rotatable bonds is 3. The molecule has 0 nitrogen and oxygen atoms in total. The van der Waals surface area contributed by atoms with Gasteiger partial charge in [-0.15, -0.1) is 0 Å². The Labute approximate surface area is 120 Å². The number of unbranched alkanes of at least 4 members (excludes halogenated alkanes) is 1. The van der Waals surface area contributed by atoms with Crippen LogP contribution >= 0.6 is 0 Å². The molecule has 2 heteroatoms. The van der Waals surface area contributed by atoms with Gasteiger partial charge in [0.15, 0.2) is 11.6 Å². The van der Waals surface area contributed by atoms with E-state index in [4.69, 9.17) is 0 Å². The molecule has 1 saturated carbocycles. The summed E-state index contributed by atoms with van der Waals surface area (Å²) in [5.41, 5.74) is 0.567. The molecule has 0 N–H and O–H groups in total. The van der Waals surface area contributed by atoms with Crippen molar-refractivity contribution in [2.24, 2.45) is 11.8 Å². The van der Waals surface area contributed by atoms with E-state index in [2.05, 4.69) is 18.8 Å². The average molecular weight is 276 g/mol. The average Bonchev–Trinajstić information content (AvgIpc) is 2.47. The van der Waals surface area contributed by atoms with Crippen molar-refractivity contribution in [3.05, 3.63) is 35.4 Å². The first-order chi connectivity index (χ1) is 9.69. The Hall–Kier alpha value is -1.36. The molecule has 0 spiro atoms. The van der Waals surface area contributed by atoms with Crippen molar-refractivity contribution in [2.75, 3.05) is 0 Å². The topological polar surface area (TPSA) is 0 Å². The third-order valence-corrected chi connectivity index (χ3v) is 4.15. The molecule has 2 rings (SSSR count). The SMILES string of the molecule is CCCCC1CCC(C#Cc2ccc(F)c(F)c2)CC1. The predicted octanol–water partition coefficient (Wildman–Crippen LogP) is 5.31. The van der Waals surface area contributed by atoms with E-state index in [1.54, 1.807) is 0 Å². The lowest BCUT2D eigenvalue weighted by atomic mass is 9.80. The van der Waals surface area contributed by atoms with E-state index >= 15 is 0 Å². The molecular formula is C18H22F2. The van der Waals surface area contributed by atoms with Crippen molar-refractivity contribution in [1.82, 2.24) is 0 Å². The zero-order valence-corrected chi connectivity index (χ0v) is 12.1. The van der Waals surface area contributed by atoms with Crippen LogP contribution < -0.4 is 0 Å². The third-order valence-electron chi connectivity index (χ3n) is 4.15. The highest BCUT2D eigenvalue weighted by Gasteiger charge is 2.19. The van der Waals surface area contributed by atoms with Crippen LogP contribution in [0.5, 0.6) is 0 Å². The largest absolute Gasteiger partial charge is 0.204 e. The van der Waals surface area contributed by atoms with Gasteiger partial charge in [0.1, 0.15) is 0 Å². The molecule has 108 valence electrons. The number of halogens is 2. The number of benzene rings is 1. The van der Waals surface area contributed by atoms with Crippen LogP contribution in [0.15, 0.2) is 18.2 Å². The molecule has 1 aliphatic carbocycles. The molecule has 1 aromatic rings. The molecule has 0 heterocycles. The molecule has 0 atom stereocenters. The minimum atomic E-state index is -0.819. The Balaban J connectivity index is 1.86. The summed E-state index contributed by atoms with van der Waals surface area (Å²) in [7, 11) is 0. The Kier molecular flexibility index (Phi) is 5.59. The maximum atomic E-state index is 13.1. The van der Waals surface area contributed by atoms with Crippen LogP contribution in [-0.4, -0.2) is 0 Å². The second-order valence-electron chi connectivity index (χ2n) is 5.76. The second-order valence-corrected chi connectivity index (χ2v) is 5.76. The predicted molar refractivity (Wildman–Crippen MR) is 78.2 cm³/mol. The standard InChI is InChI=1S/C18H22F2/c1-2-3-4-14-5-7-15(8-6-14)9-10-16-11-12-17(19)18(20)13-16/h11-15H,2-8H2,1H3. The fourth-order valence-corrected chi connectivity index (χ4v) is 2.85. The number of hydrogen-bond donors (Lipinski definition) is 0. The first-order valence-corrected chi connectivity index (χ1v) is 7.65. The van der Waals surface area contributed by atoms with Gasteiger partial charge in [-0.3, -0.25) is 0 Å². The lowest BCUT2D eigenvalue weighted by Gasteiger charge is -2.25. The summed E-state index contributed by atoms with van der Waals surface area (Å²) in [6.07, 6.45) is 8.76. The van der Waals surface area contributed by atoms with Crippen molar-refractivity contribution >= 4 is 0 Å². The van der Waals surface area contributed by atoms with Gasteiger partial charge in [-0.25, -0.2) is 8.78 Å². The first kappa shape index (κ1) is 15.0. The zero-order chi connectivity index (χ0) is 14.4. The highest BCUT2D eigenvalue weighted by molar-refractivity contribution is 5.35. The van der Waals surface area contributed by atoms with Gasteiger partial charge >= 0.3 is 0 Å². The van der Waals surface area contributed by atoms with E-state index in [9.17, 15) is 8.78 Å². The Morgan fingerprint density at radius 3 is 2.50 bits per heavy atom. The highest BCUT2D eigenvalue weighted by atomic mass is 19.2. The molecule has 0 aliphatic heterocycles. The van der Waals surface area contributed by atoms with Crippen molar-refractivity contribution in [1.29, 1.82) is 0 Å². The molecule has 20 heavy (non-hydrogen) atoms. The summed E-state index contributed by atoms with van der Waals surface area (Å²) >= 11 is 0. The molecule has 0 radical (unpaired) electrons. The van der Waals surface area contributed by atoms with Gasteiger partial charge in [0.05, 0.1) is 0 Å². The van der Waals surface area contributed by atoms with Gasteiger partial charge in [-0.2, -0.15) is 0 Å². The van der Waals surface area contributed by atoms with Crippen molar-refractivity contribution in [3.8, 4) is 11.8 Å². The van der Waals surface area contributed by atoms with Crippen LogP contribution in [0.3, 0.4) is 0 Å². The molecule has 1 aromatic carbocycles. The zero-order valence-electron chi connectivity index (χ0n) is 12.1. The highest BCUT2D eigenvalue weighted by Crippen LogP contribution is 2.31. The monoisotopic (exact) mass is 276 g/mol. The fraction of sp³-hybridized carbons (Fsp3) is 0.556. The lowest BCUT2D eigenvalue weighted by Crippen LogP contribution is -2.13. The molecule has 0 saturated heterocycles. The van der Waals surface area contributed by atoms with E-state index in [1.165, 1.54) is 44.2 Å². The van der Waals surface area contributed by atoms with Crippen LogP contribution in [0.25, 0.3) is 0 Å². The molecule has 0 unspecified atom stereocenters. The Morgan fingerprint density at radius 2 is 1.85 bits per heavy atom. The summed E-state index contributed by atoms with van der Waals surface area (Å²) in [5, 5.41) is 0.